The first-order valence-corrected chi connectivity index (χ1v) is 12.0. The number of hydrogen-bond acceptors (Lipinski definition) is 6. The fraction of sp³-hybridized carbons (Fsp3) is 0.185. The van der Waals surface area contributed by atoms with Gasteiger partial charge in [0.05, 0.1) is 17.1 Å². The molecule has 0 radical (unpaired) electrons. The summed E-state index contributed by atoms with van der Waals surface area (Å²) in [5.41, 5.74) is 4.42. The largest absolute Gasteiger partial charge is 0.481 e. The van der Waals surface area contributed by atoms with E-state index in [1.54, 1.807) is 0 Å². The summed E-state index contributed by atoms with van der Waals surface area (Å²) in [7, 11) is 0. The predicted molar refractivity (Wildman–Crippen MR) is 134 cm³/mol. The number of nitrogens with one attached hydrogen (secondary N) is 1. The molecule has 0 unspecified atom stereocenters. The number of amides is 1. The lowest BCUT2D eigenvalue weighted by atomic mass is 9.93. The lowest BCUT2D eigenvalue weighted by Crippen LogP contribution is -2.19. The Balaban J connectivity index is 1.27. The minimum Gasteiger partial charge on any atom is -0.481 e. The van der Waals surface area contributed by atoms with Crippen LogP contribution in [-0.4, -0.2) is 25.9 Å². The summed E-state index contributed by atoms with van der Waals surface area (Å²) in [6.07, 6.45) is 0.379. The fourth-order valence-corrected chi connectivity index (χ4v) is 4.62. The second-order valence-electron chi connectivity index (χ2n) is 8.59. The maximum atomic E-state index is 12.4. The zero-order valence-electron chi connectivity index (χ0n) is 19.0. The molecule has 35 heavy (non-hydrogen) atoms. The summed E-state index contributed by atoms with van der Waals surface area (Å²) in [6.45, 7) is 1.81. The van der Waals surface area contributed by atoms with E-state index in [0.717, 1.165) is 39.5 Å². The molecule has 0 spiro atoms. The molecular weight excluding hydrogens is 462 g/mol. The van der Waals surface area contributed by atoms with E-state index in [2.05, 4.69) is 14.1 Å². The highest BCUT2D eigenvalue weighted by Crippen LogP contribution is 2.48. The van der Waals surface area contributed by atoms with E-state index in [0.29, 0.717) is 24.4 Å². The lowest BCUT2D eigenvalue weighted by Gasteiger charge is -2.13. The van der Waals surface area contributed by atoms with Crippen molar-refractivity contribution in [1.82, 2.24) is 8.75 Å². The topological polar surface area (TPSA) is 101 Å². The number of carboxylic acid groups (broad SMARTS) is 1. The Bertz CT molecular complexity index is 1350. The third kappa shape index (κ3) is 4.65. The molecule has 5 rings (SSSR count). The molecule has 4 aromatic rings. The van der Waals surface area contributed by atoms with Crippen molar-refractivity contribution in [3.8, 4) is 22.4 Å². The number of benzene rings is 3. The van der Waals surface area contributed by atoms with Crippen LogP contribution in [0.4, 0.5) is 10.6 Å². The number of carboxylic acids is 1. The Morgan fingerprint density at radius 1 is 0.914 bits per heavy atom. The second-order valence-corrected chi connectivity index (χ2v) is 9.12. The van der Waals surface area contributed by atoms with Gasteiger partial charge in [-0.25, -0.2) is 4.79 Å². The summed E-state index contributed by atoms with van der Waals surface area (Å²) in [6, 6.07) is 25.0. The Hall–Kier alpha value is -4.04. The van der Waals surface area contributed by atoms with Gasteiger partial charge in [-0.15, -0.1) is 0 Å². The summed E-state index contributed by atoms with van der Waals surface area (Å²) >= 11 is 1.01. The summed E-state index contributed by atoms with van der Waals surface area (Å²) in [4.78, 5) is 24.0. The average Bonchev–Trinajstić information content (AvgIpc) is 3.58. The van der Waals surface area contributed by atoms with E-state index >= 15 is 0 Å². The van der Waals surface area contributed by atoms with Crippen molar-refractivity contribution >= 4 is 29.6 Å². The van der Waals surface area contributed by atoms with Crippen LogP contribution in [0.3, 0.4) is 0 Å². The van der Waals surface area contributed by atoms with Gasteiger partial charge in [0.25, 0.3) is 0 Å². The number of carbonyl (C=O) groups is 2. The molecule has 1 saturated carbocycles. The van der Waals surface area contributed by atoms with Crippen molar-refractivity contribution in [2.45, 2.75) is 31.3 Å². The van der Waals surface area contributed by atoms with E-state index in [4.69, 9.17) is 4.74 Å². The quantitative estimate of drug-likeness (QED) is 0.319. The molecule has 1 aliphatic rings. The molecule has 0 saturated heterocycles. The van der Waals surface area contributed by atoms with Gasteiger partial charge in [-0.2, -0.15) is 8.75 Å². The highest BCUT2D eigenvalue weighted by molar-refractivity contribution is 6.99. The molecule has 2 N–H and O–H groups in total. The monoisotopic (exact) mass is 485 g/mol. The van der Waals surface area contributed by atoms with Crippen molar-refractivity contribution in [2.24, 2.45) is 0 Å². The number of rotatable bonds is 7. The number of hydrogen-bond donors (Lipinski definition) is 2. The standard InChI is InChI=1S/C27H23N3O4S/c1-17(18-5-3-2-4-6-18)34-26(33)28-24-23(29-35-30-24)21-9-7-19(8-10-21)20-11-13-22(14-12-20)27(15-16-27)25(31)32/h2-14,17H,15-16H2,1H3,(H,31,32)(H,28,30,33)/t17-/m1/s1. The van der Waals surface area contributed by atoms with Gasteiger partial charge >= 0.3 is 12.1 Å². The zero-order valence-corrected chi connectivity index (χ0v) is 19.8. The van der Waals surface area contributed by atoms with Gasteiger partial charge in [0.1, 0.15) is 11.8 Å². The molecule has 0 aliphatic heterocycles. The van der Waals surface area contributed by atoms with Crippen molar-refractivity contribution < 1.29 is 19.4 Å². The van der Waals surface area contributed by atoms with Gasteiger partial charge in [-0.3, -0.25) is 10.1 Å². The minimum atomic E-state index is -0.755. The average molecular weight is 486 g/mol. The Labute approximate surface area is 206 Å². The third-order valence-corrected chi connectivity index (χ3v) is 6.88. The van der Waals surface area contributed by atoms with E-state index < -0.39 is 23.6 Å². The normalized spacial score (nSPS) is 14.7. The summed E-state index contributed by atoms with van der Waals surface area (Å²) in [5, 5.41) is 12.2. The van der Waals surface area contributed by atoms with E-state index in [1.165, 1.54) is 0 Å². The van der Waals surface area contributed by atoms with Crippen molar-refractivity contribution in [2.75, 3.05) is 5.32 Å². The van der Waals surface area contributed by atoms with Gasteiger partial charge in [0.15, 0.2) is 5.82 Å². The molecular formula is C27H23N3O4S. The van der Waals surface area contributed by atoms with Gasteiger partial charge in [0, 0.05) is 5.56 Å². The summed E-state index contributed by atoms with van der Waals surface area (Å²) in [5.74, 6) is -0.407. The van der Waals surface area contributed by atoms with Crippen molar-refractivity contribution in [3.63, 3.8) is 0 Å². The predicted octanol–water partition coefficient (Wildman–Crippen LogP) is 6.30. The molecule has 3 aromatic carbocycles. The van der Waals surface area contributed by atoms with Crippen molar-refractivity contribution in [3.05, 3.63) is 90.0 Å². The second kappa shape index (κ2) is 9.31. The maximum Gasteiger partial charge on any atom is 0.413 e. The van der Waals surface area contributed by atoms with E-state index in [-0.39, 0.29) is 0 Å². The summed E-state index contributed by atoms with van der Waals surface area (Å²) < 4.78 is 14.0. The zero-order chi connectivity index (χ0) is 24.4. The van der Waals surface area contributed by atoms with Crippen LogP contribution in [0.1, 0.15) is 37.0 Å². The minimum absolute atomic E-state index is 0.348. The number of carbonyl (C=O) groups excluding carboxylic acids is 1. The molecule has 1 atom stereocenters. The Morgan fingerprint density at radius 3 is 2.11 bits per heavy atom. The highest BCUT2D eigenvalue weighted by atomic mass is 32.1. The molecule has 1 fully saturated rings. The smallest absolute Gasteiger partial charge is 0.413 e. The van der Waals surface area contributed by atoms with Crippen LogP contribution < -0.4 is 5.32 Å². The van der Waals surface area contributed by atoms with E-state index in [1.807, 2.05) is 85.8 Å². The van der Waals surface area contributed by atoms with Crippen LogP contribution >= 0.6 is 11.7 Å². The SMILES string of the molecule is C[C@@H](OC(=O)Nc1nsnc1-c1ccc(-c2ccc(C3(C(=O)O)CC3)cc2)cc1)c1ccccc1. The Morgan fingerprint density at radius 2 is 1.51 bits per heavy atom. The van der Waals surface area contributed by atoms with Gasteiger partial charge in [-0.05, 0) is 42.0 Å². The molecule has 176 valence electrons. The van der Waals surface area contributed by atoms with Crippen LogP contribution in [0.5, 0.6) is 0 Å². The number of anilines is 1. The van der Waals surface area contributed by atoms with E-state index in [9.17, 15) is 14.7 Å². The maximum absolute atomic E-state index is 12.4. The molecule has 1 heterocycles. The highest BCUT2D eigenvalue weighted by Gasteiger charge is 2.51. The first-order chi connectivity index (χ1) is 17.0. The Kier molecular flexibility index (Phi) is 6.05. The van der Waals surface area contributed by atoms with Gasteiger partial charge in [-0.1, -0.05) is 78.9 Å². The lowest BCUT2D eigenvalue weighted by molar-refractivity contribution is -0.140. The molecule has 1 aromatic heterocycles. The third-order valence-electron chi connectivity index (χ3n) is 6.35. The first kappa shape index (κ1) is 22.7. The van der Waals surface area contributed by atoms with Crippen LogP contribution in [0.15, 0.2) is 78.9 Å². The van der Waals surface area contributed by atoms with Crippen LogP contribution in [0, 0.1) is 0 Å². The van der Waals surface area contributed by atoms with Crippen LogP contribution in [0.25, 0.3) is 22.4 Å². The number of aromatic nitrogens is 2. The van der Waals surface area contributed by atoms with Crippen molar-refractivity contribution in [1.29, 1.82) is 0 Å². The number of aliphatic carboxylic acids is 1. The molecule has 1 aliphatic carbocycles. The van der Waals surface area contributed by atoms with Gasteiger partial charge < -0.3 is 9.84 Å². The first-order valence-electron chi connectivity index (χ1n) is 11.3. The molecule has 8 heteroatoms. The fourth-order valence-electron chi connectivity index (χ4n) is 4.09. The number of ether oxygens (including phenoxy) is 1. The molecule has 0 bridgehead atoms. The van der Waals surface area contributed by atoms with Crippen LogP contribution in [-0.2, 0) is 14.9 Å². The number of nitrogens with zero attached hydrogens (tertiary/aromatic N) is 2. The van der Waals surface area contributed by atoms with Crippen LogP contribution in [0.2, 0.25) is 0 Å². The molecule has 1 amide bonds. The van der Waals surface area contributed by atoms with Gasteiger partial charge in [0.2, 0.25) is 0 Å². The molecule has 7 nitrogen and oxygen atoms in total.